The number of hydrogen-bond acceptors (Lipinski definition) is 3. The fraction of sp³-hybridized carbons (Fsp3) is 0.111. The zero-order valence-electron chi connectivity index (χ0n) is 7.12. The Morgan fingerprint density at radius 2 is 2.29 bits per heavy atom. The minimum absolute atomic E-state index is 0.0930. The molecule has 0 aliphatic rings. The standard InChI is InChI=1S/C9H7BrN2O2/c10-7-2-5(3-11)1-6(4-12)8(7)9(13)14/h1-2H,4,12H2,(H,13,14). The van der Waals surface area contributed by atoms with Gasteiger partial charge in [-0.2, -0.15) is 5.26 Å². The van der Waals surface area contributed by atoms with E-state index in [9.17, 15) is 4.79 Å². The molecule has 0 aromatic heterocycles. The van der Waals surface area contributed by atoms with Crippen LogP contribution in [-0.4, -0.2) is 11.1 Å². The van der Waals surface area contributed by atoms with E-state index in [1.807, 2.05) is 6.07 Å². The minimum atomic E-state index is -1.05. The highest BCUT2D eigenvalue weighted by Crippen LogP contribution is 2.22. The molecule has 0 aliphatic heterocycles. The molecule has 0 spiro atoms. The van der Waals surface area contributed by atoms with Crippen molar-refractivity contribution in [3.8, 4) is 6.07 Å². The average molecular weight is 255 g/mol. The largest absolute Gasteiger partial charge is 0.478 e. The molecular weight excluding hydrogens is 248 g/mol. The molecule has 1 rings (SSSR count). The number of halogens is 1. The number of aromatic carboxylic acids is 1. The molecule has 0 amide bonds. The van der Waals surface area contributed by atoms with Gasteiger partial charge < -0.3 is 10.8 Å². The summed E-state index contributed by atoms with van der Waals surface area (Å²) in [7, 11) is 0. The molecule has 4 nitrogen and oxygen atoms in total. The van der Waals surface area contributed by atoms with Gasteiger partial charge in [-0.3, -0.25) is 0 Å². The third-order valence-electron chi connectivity index (χ3n) is 1.73. The number of benzene rings is 1. The number of nitrogens with zero attached hydrogens (tertiary/aromatic N) is 1. The van der Waals surface area contributed by atoms with Gasteiger partial charge in [-0.1, -0.05) is 0 Å². The fourth-order valence-electron chi connectivity index (χ4n) is 1.13. The molecule has 5 heteroatoms. The van der Waals surface area contributed by atoms with Gasteiger partial charge in [0.2, 0.25) is 0 Å². The summed E-state index contributed by atoms with van der Waals surface area (Å²) in [5.74, 6) is -1.05. The Bertz CT molecular complexity index is 424. The smallest absolute Gasteiger partial charge is 0.337 e. The van der Waals surface area contributed by atoms with Gasteiger partial charge in [-0.25, -0.2) is 4.79 Å². The van der Waals surface area contributed by atoms with Crippen LogP contribution in [0, 0.1) is 11.3 Å². The number of carboxylic acid groups (broad SMARTS) is 1. The van der Waals surface area contributed by atoms with Gasteiger partial charge in [0.25, 0.3) is 0 Å². The molecule has 72 valence electrons. The maximum absolute atomic E-state index is 10.8. The highest BCUT2D eigenvalue weighted by molar-refractivity contribution is 9.10. The average Bonchev–Trinajstić information content (AvgIpc) is 2.15. The first-order valence-electron chi connectivity index (χ1n) is 3.76. The van der Waals surface area contributed by atoms with Crippen molar-refractivity contribution in [2.45, 2.75) is 6.54 Å². The van der Waals surface area contributed by atoms with E-state index in [1.54, 1.807) is 0 Å². The molecule has 1 aromatic rings. The first kappa shape index (κ1) is 10.7. The third kappa shape index (κ3) is 1.92. The summed E-state index contributed by atoms with van der Waals surface area (Å²) in [4.78, 5) is 10.8. The second-order valence-corrected chi connectivity index (χ2v) is 3.47. The summed E-state index contributed by atoms with van der Waals surface area (Å²) in [5.41, 5.74) is 6.34. The first-order chi connectivity index (χ1) is 6.60. The molecule has 0 radical (unpaired) electrons. The molecular formula is C9H7BrN2O2. The maximum atomic E-state index is 10.8. The zero-order chi connectivity index (χ0) is 10.7. The molecule has 0 fully saturated rings. The Hall–Kier alpha value is -1.38. The van der Waals surface area contributed by atoms with Crippen LogP contribution in [-0.2, 0) is 6.54 Å². The normalized spacial score (nSPS) is 9.50. The second kappa shape index (κ2) is 4.22. The number of nitrogens with two attached hydrogens (primary N) is 1. The summed E-state index contributed by atoms with van der Waals surface area (Å²) in [6.45, 7) is 0.0930. The van der Waals surface area contributed by atoms with Crippen molar-refractivity contribution in [2.75, 3.05) is 0 Å². The lowest BCUT2D eigenvalue weighted by Crippen LogP contribution is -2.08. The van der Waals surface area contributed by atoms with Crippen LogP contribution < -0.4 is 5.73 Å². The van der Waals surface area contributed by atoms with E-state index in [4.69, 9.17) is 16.1 Å². The van der Waals surface area contributed by atoms with E-state index in [-0.39, 0.29) is 12.1 Å². The molecule has 0 heterocycles. The lowest BCUT2D eigenvalue weighted by atomic mass is 10.0. The Morgan fingerprint density at radius 3 is 2.71 bits per heavy atom. The number of hydrogen-bond donors (Lipinski definition) is 2. The highest BCUT2D eigenvalue weighted by Gasteiger charge is 2.14. The summed E-state index contributed by atoms with van der Waals surface area (Å²) >= 11 is 3.09. The second-order valence-electron chi connectivity index (χ2n) is 2.61. The number of nitriles is 1. The first-order valence-corrected chi connectivity index (χ1v) is 4.55. The van der Waals surface area contributed by atoms with Gasteiger partial charge in [-0.05, 0) is 33.6 Å². The molecule has 1 aromatic carbocycles. The molecule has 0 bridgehead atoms. The lowest BCUT2D eigenvalue weighted by Gasteiger charge is -2.06. The van der Waals surface area contributed by atoms with Gasteiger partial charge >= 0.3 is 5.97 Å². The predicted octanol–water partition coefficient (Wildman–Crippen LogP) is 1.48. The van der Waals surface area contributed by atoms with Crippen molar-refractivity contribution >= 4 is 21.9 Å². The third-order valence-corrected chi connectivity index (χ3v) is 2.36. The molecule has 0 atom stereocenters. The number of carbonyl (C=O) groups is 1. The monoisotopic (exact) mass is 254 g/mol. The van der Waals surface area contributed by atoms with Crippen LogP contribution in [0.5, 0.6) is 0 Å². The van der Waals surface area contributed by atoms with Gasteiger partial charge in [0.1, 0.15) is 0 Å². The molecule has 0 saturated heterocycles. The molecule has 0 saturated carbocycles. The van der Waals surface area contributed by atoms with Crippen LogP contribution in [0.2, 0.25) is 0 Å². The Kier molecular flexibility index (Phi) is 3.23. The van der Waals surface area contributed by atoms with Crippen molar-refractivity contribution in [2.24, 2.45) is 5.73 Å². The summed E-state index contributed by atoms with van der Waals surface area (Å²) in [6, 6.07) is 4.87. The van der Waals surface area contributed by atoms with E-state index >= 15 is 0 Å². The SMILES string of the molecule is N#Cc1cc(Br)c(C(=O)O)c(CN)c1. The summed E-state index contributed by atoms with van der Waals surface area (Å²) < 4.78 is 0.379. The van der Waals surface area contributed by atoms with Crippen molar-refractivity contribution in [1.82, 2.24) is 0 Å². The van der Waals surface area contributed by atoms with Gasteiger partial charge in [0.15, 0.2) is 0 Å². The van der Waals surface area contributed by atoms with E-state index in [0.717, 1.165) is 0 Å². The Morgan fingerprint density at radius 1 is 1.64 bits per heavy atom. The van der Waals surface area contributed by atoms with Crippen LogP contribution in [0.25, 0.3) is 0 Å². The van der Waals surface area contributed by atoms with Gasteiger partial charge in [-0.15, -0.1) is 0 Å². The lowest BCUT2D eigenvalue weighted by molar-refractivity contribution is 0.0694. The quantitative estimate of drug-likeness (QED) is 0.837. The van der Waals surface area contributed by atoms with Crippen molar-refractivity contribution < 1.29 is 9.90 Å². The topological polar surface area (TPSA) is 87.1 Å². The van der Waals surface area contributed by atoms with E-state index in [0.29, 0.717) is 15.6 Å². The molecule has 0 aliphatic carbocycles. The number of rotatable bonds is 2. The summed E-state index contributed by atoms with van der Waals surface area (Å²) in [6.07, 6.45) is 0. The van der Waals surface area contributed by atoms with Crippen molar-refractivity contribution in [3.05, 3.63) is 33.3 Å². The minimum Gasteiger partial charge on any atom is -0.478 e. The van der Waals surface area contributed by atoms with Crippen LogP contribution in [0.1, 0.15) is 21.5 Å². The summed E-state index contributed by atoms with van der Waals surface area (Å²) in [5, 5.41) is 17.5. The zero-order valence-corrected chi connectivity index (χ0v) is 8.71. The van der Waals surface area contributed by atoms with E-state index < -0.39 is 5.97 Å². The maximum Gasteiger partial charge on any atom is 0.337 e. The van der Waals surface area contributed by atoms with Gasteiger partial charge in [0, 0.05) is 11.0 Å². The Labute approximate surface area is 89.1 Å². The Balaban J connectivity index is 3.44. The van der Waals surface area contributed by atoms with Crippen LogP contribution in [0.3, 0.4) is 0 Å². The van der Waals surface area contributed by atoms with Crippen LogP contribution in [0.15, 0.2) is 16.6 Å². The predicted molar refractivity (Wildman–Crippen MR) is 53.7 cm³/mol. The van der Waals surface area contributed by atoms with E-state index in [2.05, 4.69) is 15.9 Å². The fourth-order valence-corrected chi connectivity index (χ4v) is 1.80. The highest BCUT2D eigenvalue weighted by atomic mass is 79.9. The van der Waals surface area contributed by atoms with Crippen LogP contribution in [0.4, 0.5) is 0 Å². The van der Waals surface area contributed by atoms with Crippen LogP contribution >= 0.6 is 15.9 Å². The molecule has 0 unspecified atom stereocenters. The van der Waals surface area contributed by atoms with E-state index in [1.165, 1.54) is 12.1 Å². The van der Waals surface area contributed by atoms with Crippen molar-refractivity contribution in [1.29, 1.82) is 5.26 Å². The number of carboxylic acids is 1. The molecule has 14 heavy (non-hydrogen) atoms. The van der Waals surface area contributed by atoms with Crippen molar-refractivity contribution in [3.63, 3.8) is 0 Å². The van der Waals surface area contributed by atoms with Gasteiger partial charge in [0.05, 0.1) is 17.2 Å². The molecule has 3 N–H and O–H groups in total.